The minimum Gasteiger partial charge on any atom is -0.466 e. The largest absolute Gasteiger partial charge is 0.466 e. The Balaban J connectivity index is 1.92. The lowest BCUT2D eigenvalue weighted by molar-refractivity contribution is -0.149. The Labute approximate surface area is 150 Å². The van der Waals surface area contributed by atoms with Gasteiger partial charge in [-0.2, -0.15) is 0 Å². The number of rotatable bonds is 5. The fourth-order valence-corrected chi connectivity index (χ4v) is 3.05. The number of benzene rings is 1. The first-order valence-electron chi connectivity index (χ1n) is 8.93. The third kappa shape index (κ3) is 5.37. The summed E-state index contributed by atoms with van der Waals surface area (Å²) in [5.74, 6) is 0.680. The first-order valence-corrected chi connectivity index (χ1v) is 8.93. The van der Waals surface area contributed by atoms with Gasteiger partial charge in [0, 0.05) is 46.5 Å². The molecule has 0 aliphatic carbocycles. The van der Waals surface area contributed by atoms with Crippen LogP contribution in [0.2, 0.25) is 0 Å². The molecule has 25 heavy (non-hydrogen) atoms. The van der Waals surface area contributed by atoms with Gasteiger partial charge in [-0.25, -0.2) is 0 Å². The Morgan fingerprint density at radius 2 is 2.08 bits per heavy atom. The molecular formula is C19H30N4O2. The zero-order valence-electron chi connectivity index (χ0n) is 15.8. The number of carbonyl (C=O) groups excluding carboxylic acids is 1. The van der Waals surface area contributed by atoms with Gasteiger partial charge in [-0.15, -0.1) is 0 Å². The summed E-state index contributed by atoms with van der Waals surface area (Å²) in [7, 11) is 5.85. The molecule has 1 fully saturated rings. The summed E-state index contributed by atoms with van der Waals surface area (Å²) in [6.45, 7) is 4.57. The Morgan fingerprint density at radius 3 is 2.68 bits per heavy atom. The standard InChI is InChI=1S/C19H30N4O2/c1-5-25-18(24)16-7-6-12-23(14-16)19(20-2)21-13-15-8-10-17(11-9-15)22(3)4/h8-11,16H,5-7,12-14H2,1-4H3,(H,20,21). The van der Waals surface area contributed by atoms with E-state index < -0.39 is 0 Å². The molecule has 0 radical (unpaired) electrons. The summed E-state index contributed by atoms with van der Waals surface area (Å²) >= 11 is 0. The van der Waals surface area contributed by atoms with Crippen LogP contribution in [0, 0.1) is 5.92 Å². The van der Waals surface area contributed by atoms with Crippen molar-refractivity contribution in [1.82, 2.24) is 10.2 Å². The van der Waals surface area contributed by atoms with E-state index >= 15 is 0 Å². The van der Waals surface area contributed by atoms with Crippen molar-refractivity contribution in [2.45, 2.75) is 26.3 Å². The van der Waals surface area contributed by atoms with E-state index in [1.165, 1.54) is 11.3 Å². The maximum absolute atomic E-state index is 12.0. The number of aliphatic imine (C=N–C) groups is 1. The summed E-state index contributed by atoms with van der Waals surface area (Å²) in [5, 5.41) is 3.41. The highest BCUT2D eigenvalue weighted by Gasteiger charge is 2.28. The molecule has 1 saturated heterocycles. The van der Waals surface area contributed by atoms with Crippen molar-refractivity contribution < 1.29 is 9.53 Å². The number of esters is 1. The van der Waals surface area contributed by atoms with Crippen LogP contribution in [0.1, 0.15) is 25.3 Å². The van der Waals surface area contributed by atoms with Crippen molar-refractivity contribution >= 4 is 17.6 Å². The molecule has 6 nitrogen and oxygen atoms in total. The van der Waals surface area contributed by atoms with Crippen molar-refractivity contribution in [2.75, 3.05) is 45.7 Å². The predicted octanol–water partition coefficient (Wildman–Crippen LogP) is 2.10. The topological polar surface area (TPSA) is 57.2 Å². The molecule has 1 unspecified atom stereocenters. The molecule has 1 atom stereocenters. The van der Waals surface area contributed by atoms with Crippen molar-refractivity contribution in [3.63, 3.8) is 0 Å². The molecule has 0 aromatic heterocycles. The minimum absolute atomic E-state index is 0.0633. The van der Waals surface area contributed by atoms with E-state index in [2.05, 4.69) is 44.4 Å². The second kappa shape index (κ2) is 9.30. The highest BCUT2D eigenvalue weighted by Crippen LogP contribution is 2.18. The molecular weight excluding hydrogens is 316 g/mol. The zero-order chi connectivity index (χ0) is 18.2. The third-order valence-electron chi connectivity index (χ3n) is 4.46. The second-order valence-corrected chi connectivity index (χ2v) is 6.50. The first kappa shape index (κ1) is 19.1. The van der Waals surface area contributed by atoms with Crippen LogP contribution in [0.3, 0.4) is 0 Å². The molecule has 2 rings (SSSR count). The molecule has 1 N–H and O–H groups in total. The predicted molar refractivity (Wildman–Crippen MR) is 102 cm³/mol. The van der Waals surface area contributed by atoms with Crippen molar-refractivity contribution in [1.29, 1.82) is 0 Å². The van der Waals surface area contributed by atoms with E-state index in [1.54, 1.807) is 7.05 Å². The van der Waals surface area contributed by atoms with E-state index in [0.717, 1.165) is 25.3 Å². The van der Waals surface area contributed by atoms with E-state index in [-0.39, 0.29) is 11.9 Å². The maximum Gasteiger partial charge on any atom is 0.310 e. The van der Waals surface area contributed by atoms with Crippen LogP contribution < -0.4 is 10.2 Å². The number of ether oxygens (including phenoxy) is 1. The van der Waals surface area contributed by atoms with Crippen LogP contribution in [0.15, 0.2) is 29.3 Å². The Hall–Kier alpha value is -2.24. The molecule has 0 bridgehead atoms. The highest BCUT2D eigenvalue weighted by atomic mass is 16.5. The fraction of sp³-hybridized carbons (Fsp3) is 0.579. The summed E-state index contributed by atoms with van der Waals surface area (Å²) in [6.07, 6.45) is 1.86. The SMILES string of the molecule is CCOC(=O)C1CCCN(C(=NC)NCc2ccc(N(C)C)cc2)C1. The van der Waals surface area contributed by atoms with Gasteiger partial charge in [0.1, 0.15) is 0 Å². The average molecular weight is 346 g/mol. The number of nitrogens with zero attached hydrogens (tertiary/aromatic N) is 3. The Bertz CT molecular complexity index is 584. The molecule has 1 heterocycles. The van der Waals surface area contributed by atoms with E-state index in [9.17, 15) is 4.79 Å². The van der Waals surface area contributed by atoms with Gasteiger partial charge in [0.15, 0.2) is 5.96 Å². The van der Waals surface area contributed by atoms with Gasteiger partial charge in [0.25, 0.3) is 0 Å². The molecule has 1 aromatic carbocycles. The smallest absolute Gasteiger partial charge is 0.310 e. The van der Waals surface area contributed by atoms with Crippen LogP contribution in [0.25, 0.3) is 0 Å². The zero-order valence-corrected chi connectivity index (χ0v) is 15.8. The number of piperidine rings is 1. The Morgan fingerprint density at radius 1 is 1.36 bits per heavy atom. The molecule has 0 saturated carbocycles. The molecule has 1 aromatic rings. The van der Waals surface area contributed by atoms with Gasteiger partial charge in [-0.1, -0.05) is 12.1 Å². The number of hydrogen-bond donors (Lipinski definition) is 1. The van der Waals surface area contributed by atoms with Crippen LogP contribution in [0.4, 0.5) is 5.69 Å². The van der Waals surface area contributed by atoms with E-state index in [0.29, 0.717) is 19.7 Å². The summed E-state index contributed by atoms with van der Waals surface area (Å²) in [4.78, 5) is 20.6. The third-order valence-corrected chi connectivity index (χ3v) is 4.46. The van der Waals surface area contributed by atoms with Gasteiger partial charge in [-0.3, -0.25) is 9.79 Å². The molecule has 1 aliphatic rings. The van der Waals surface area contributed by atoms with Crippen LogP contribution >= 0.6 is 0 Å². The van der Waals surface area contributed by atoms with Crippen LogP contribution in [0.5, 0.6) is 0 Å². The normalized spacial score (nSPS) is 18.0. The van der Waals surface area contributed by atoms with Crippen LogP contribution in [-0.4, -0.2) is 57.7 Å². The van der Waals surface area contributed by atoms with Gasteiger partial charge in [-0.05, 0) is 37.5 Å². The summed E-state index contributed by atoms with van der Waals surface area (Å²) in [5.41, 5.74) is 2.38. The molecule has 0 spiro atoms. The summed E-state index contributed by atoms with van der Waals surface area (Å²) in [6, 6.07) is 8.45. The van der Waals surface area contributed by atoms with Crippen molar-refractivity contribution in [2.24, 2.45) is 10.9 Å². The highest BCUT2D eigenvalue weighted by molar-refractivity contribution is 5.81. The number of hydrogen-bond acceptors (Lipinski definition) is 4. The number of carbonyl (C=O) groups is 1. The monoisotopic (exact) mass is 346 g/mol. The Kier molecular flexibility index (Phi) is 7.10. The van der Waals surface area contributed by atoms with Gasteiger partial charge in [0.2, 0.25) is 0 Å². The number of likely N-dealkylation sites (tertiary alicyclic amines) is 1. The molecule has 6 heteroatoms. The van der Waals surface area contributed by atoms with Gasteiger partial charge in [0.05, 0.1) is 12.5 Å². The van der Waals surface area contributed by atoms with Crippen LogP contribution in [-0.2, 0) is 16.1 Å². The summed E-state index contributed by atoms with van der Waals surface area (Å²) < 4.78 is 5.17. The first-order chi connectivity index (χ1) is 12.0. The molecule has 1 aliphatic heterocycles. The lowest BCUT2D eigenvalue weighted by Crippen LogP contribution is -2.48. The number of anilines is 1. The lowest BCUT2D eigenvalue weighted by atomic mass is 9.98. The second-order valence-electron chi connectivity index (χ2n) is 6.50. The van der Waals surface area contributed by atoms with Gasteiger partial charge >= 0.3 is 5.97 Å². The maximum atomic E-state index is 12.0. The molecule has 138 valence electrons. The van der Waals surface area contributed by atoms with Crippen molar-refractivity contribution in [3.05, 3.63) is 29.8 Å². The average Bonchev–Trinajstić information content (AvgIpc) is 2.63. The number of nitrogens with one attached hydrogen (secondary N) is 1. The quantitative estimate of drug-likeness (QED) is 0.503. The minimum atomic E-state index is -0.0954. The van der Waals surface area contributed by atoms with Gasteiger partial charge < -0.3 is 19.9 Å². The lowest BCUT2D eigenvalue weighted by Gasteiger charge is -2.34. The van der Waals surface area contributed by atoms with E-state index in [4.69, 9.17) is 4.74 Å². The van der Waals surface area contributed by atoms with Crippen molar-refractivity contribution in [3.8, 4) is 0 Å². The van der Waals surface area contributed by atoms with E-state index in [1.807, 2.05) is 21.0 Å². The molecule has 0 amide bonds. The fourth-order valence-electron chi connectivity index (χ4n) is 3.05. The number of guanidine groups is 1.